The molecule has 1 heterocycles. The summed E-state index contributed by atoms with van der Waals surface area (Å²) in [4.78, 5) is 4.22. The van der Waals surface area contributed by atoms with Gasteiger partial charge in [0.15, 0.2) is 5.11 Å². The van der Waals surface area contributed by atoms with Gasteiger partial charge in [-0.3, -0.25) is 10.3 Å². The van der Waals surface area contributed by atoms with Crippen molar-refractivity contribution >= 4 is 29.2 Å². The summed E-state index contributed by atoms with van der Waals surface area (Å²) in [5.41, 5.74) is 10.2. The molecule has 188 valence electrons. The summed E-state index contributed by atoms with van der Waals surface area (Å²) < 4.78 is 35.9. The number of hydrogen-bond acceptors (Lipinski definition) is 5. The Morgan fingerprint density at radius 2 is 1.72 bits per heavy atom. The molecule has 0 aliphatic carbocycles. The number of benzene rings is 3. The predicted molar refractivity (Wildman–Crippen MR) is 143 cm³/mol. The van der Waals surface area contributed by atoms with E-state index in [0.29, 0.717) is 32.8 Å². The molecular weight excluding hydrogens is 480 g/mol. The maximum atomic E-state index is 15.1. The number of rotatable bonds is 9. The Balaban J connectivity index is 1.48. The second kappa shape index (κ2) is 12.5. The van der Waals surface area contributed by atoms with E-state index < -0.39 is 11.6 Å². The normalized spacial score (nSPS) is 16.4. The van der Waals surface area contributed by atoms with Crippen molar-refractivity contribution in [3.8, 4) is 0 Å². The minimum atomic E-state index is -0.580. The molecule has 0 aromatic heterocycles. The minimum Gasteiger partial charge on any atom is -0.375 e. The third-order valence-electron chi connectivity index (χ3n) is 6.04. The van der Waals surface area contributed by atoms with Crippen LogP contribution >= 0.6 is 12.2 Å². The molecular formula is C27H29F2N5OS. The summed E-state index contributed by atoms with van der Waals surface area (Å²) in [5.74, 6) is -1.10. The van der Waals surface area contributed by atoms with Crippen molar-refractivity contribution in [2.75, 3.05) is 31.1 Å². The van der Waals surface area contributed by atoms with E-state index in [2.05, 4.69) is 39.8 Å². The van der Waals surface area contributed by atoms with Gasteiger partial charge in [0.25, 0.3) is 0 Å². The molecule has 0 unspecified atom stereocenters. The highest BCUT2D eigenvalue weighted by Gasteiger charge is 2.29. The Hall–Kier alpha value is -3.40. The number of nitrogens with two attached hydrogens (primary N) is 1. The van der Waals surface area contributed by atoms with Gasteiger partial charge in [-0.15, -0.1) is 0 Å². The maximum Gasteiger partial charge on any atom is 0.184 e. The van der Waals surface area contributed by atoms with Gasteiger partial charge in [0, 0.05) is 37.8 Å². The first-order valence-electron chi connectivity index (χ1n) is 11.7. The molecule has 3 N–H and O–H groups in total. The lowest BCUT2D eigenvalue weighted by Crippen LogP contribution is -2.54. The highest BCUT2D eigenvalue weighted by molar-refractivity contribution is 7.80. The summed E-state index contributed by atoms with van der Waals surface area (Å²) in [6, 6.07) is 22.5. The van der Waals surface area contributed by atoms with E-state index in [1.165, 1.54) is 11.6 Å². The lowest BCUT2D eigenvalue weighted by molar-refractivity contribution is 0.0411. The van der Waals surface area contributed by atoms with Gasteiger partial charge >= 0.3 is 0 Å². The van der Waals surface area contributed by atoms with Crippen LogP contribution in [0.3, 0.4) is 0 Å². The number of thiocarbonyl (C=S) groups is 1. The molecule has 0 spiro atoms. The van der Waals surface area contributed by atoms with Gasteiger partial charge in [-0.25, -0.2) is 8.78 Å². The fourth-order valence-corrected chi connectivity index (χ4v) is 4.29. The van der Waals surface area contributed by atoms with Crippen molar-refractivity contribution in [1.29, 1.82) is 0 Å². The minimum absolute atomic E-state index is 0.00105. The molecule has 1 aliphatic rings. The van der Waals surface area contributed by atoms with Crippen LogP contribution in [0.5, 0.6) is 0 Å². The monoisotopic (exact) mass is 509 g/mol. The molecule has 0 bridgehead atoms. The number of hydrazone groups is 1. The average Bonchev–Trinajstić information content (AvgIpc) is 2.88. The van der Waals surface area contributed by atoms with E-state index in [9.17, 15) is 4.39 Å². The van der Waals surface area contributed by atoms with Gasteiger partial charge < -0.3 is 15.4 Å². The molecule has 3 aromatic carbocycles. The van der Waals surface area contributed by atoms with Gasteiger partial charge in [-0.1, -0.05) is 60.7 Å². The van der Waals surface area contributed by atoms with Crippen molar-refractivity contribution in [3.05, 3.63) is 101 Å². The van der Waals surface area contributed by atoms with Gasteiger partial charge in [0.2, 0.25) is 0 Å². The van der Waals surface area contributed by atoms with E-state index in [1.54, 1.807) is 0 Å². The molecule has 1 aliphatic heterocycles. The van der Waals surface area contributed by atoms with E-state index >= 15 is 4.39 Å². The quantitative estimate of drug-likeness (QED) is 0.258. The van der Waals surface area contributed by atoms with Gasteiger partial charge in [0.1, 0.15) is 11.6 Å². The fourth-order valence-electron chi connectivity index (χ4n) is 4.24. The predicted octanol–water partition coefficient (Wildman–Crippen LogP) is 4.04. The zero-order valence-electron chi connectivity index (χ0n) is 19.8. The molecule has 3 aromatic rings. The SMILES string of the molecule is NC(=S)NN=Cc1cc(F)c(N2CCN(Cc3ccccc3)[C@@H](COCc3ccccc3)C2)cc1F. The first-order chi connectivity index (χ1) is 17.5. The van der Waals surface area contributed by atoms with Crippen LogP contribution in [0.4, 0.5) is 14.5 Å². The number of halogens is 2. The summed E-state index contributed by atoms with van der Waals surface area (Å²) >= 11 is 4.66. The molecule has 1 fully saturated rings. The molecule has 1 atom stereocenters. The zero-order chi connectivity index (χ0) is 25.3. The number of hydrogen-bond donors (Lipinski definition) is 2. The molecule has 0 radical (unpaired) electrons. The van der Waals surface area contributed by atoms with E-state index in [1.807, 2.05) is 53.4 Å². The van der Waals surface area contributed by atoms with Crippen LogP contribution in [0.15, 0.2) is 77.9 Å². The van der Waals surface area contributed by atoms with Crippen molar-refractivity contribution in [3.63, 3.8) is 0 Å². The van der Waals surface area contributed by atoms with Gasteiger partial charge in [-0.05, 0) is 29.4 Å². The third kappa shape index (κ3) is 7.07. The Morgan fingerprint density at radius 3 is 2.42 bits per heavy atom. The van der Waals surface area contributed by atoms with Crippen LogP contribution in [0.2, 0.25) is 0 Å². The number of anilines is 1. The number of nitrogens with zero attached hydrogens (tertiary/aromatic N) is 3. The van der Waals surface area contributed by atoms with Crippen LogP contribution < -0.4 is 16.1 Å². The average molecular weight is 510 g/mol. The Labute approximate surface area is 215 Å². The maximum absolute atomic E-state index is 15.1. The number of piperazine rings is 1. The van der Waals surface area contributed by atoms with Crippen LogP contribution in [0, 0.1) is 11.6 Å². The van der Waals surface area contributed by atoms with Gasteiger partial charge in [0.05, 0.1) is 31.2 Å². The first kappa shape index (κ1) is 25.7. The second-order valence-corrected chi connectivity index (χ2v) is 9.06. The van der Waals surface area contributed by atoms with Crippen LogP contribution in [0.25, 0.3) is 0 Å². The van der Waals surface area contributed by atoms with Crippen LogP contribution in [-0.2, 0) is 17.9 Å². The Morgan fingerprint density at radius 1 is 1.03 bits per heavy atom. The van der Waals surface area contributed by atoms with Crippen molar-refractivity contribution in [2.24, 2.45) is 10.8 Å². The zero-order valence-corrected chi connectivity index (χ0v) is 20.6. The lowest BCUT2D eigenvalue weighted by atomic mass is 10.1. The third-order valence-corrected chi connectivity index (χ3v) is 6.13. The standard InChI is InChI=1S/C27H29F2N5OS/c28-24-14-26(25(29)13-22(24)15-31-32-27(30)36)34-12-11-33(16-20-7-3-1-4-8-20)23(17-34)19-35-18-21-9-5-2-6-10-21/h1-10,13-15,23H,11-12,16-19H2,(H3,30,32,36)/t23-/m1/s1. The fraction of sp³-hybridized carbons (Fsp3) is 0.259. The molecule has 6 nitrogen and oxygen atoms in total. The van der Waals surface area contributed by atoms with Gasteiger partial charge in [-0.2, -0.15) is 5.10 Å². The summed E-state index contributed by atoms with van der Waals surface area (Å²) in [6.07, 6.45) is 1.15. The van der Waals surface area contributed by atoms with Crippen LogP contribution in [0.1, 0.15) is 16.7 Å². The summed E-state index contributed by atoms with van der Waals surface area (Å²) in [7, 11) is 0. The largest absolute Gasteiger partial charge is 0.375 e. The molecule has 9 heteroatoms. The summed E-state index contributed by atoms with van der Waals surface area (Å²) in [6.45, 7) is 3.49. The highest BCUT2D eigenvalue weighted by atomic mass is 32.1. The molecule has 0 saturated carbocycles. The Kier molecular flexibility index (Phi) is 8.94. The highest BCUT2D eigenvalue weighted by Crippen LogP contribution is 2.26. The topological polar surface area (TPSA) is 66.1 Å². The lowest BCUT2D eigenvalue weighted by Gasteiger charge is -2.42. The van der Waals surface area contributed by atoms with Crippen molar-refractivity contribution < 1.29 is 13.5 Å². The Bertz CT molecular complexity index is 1180. The first-order valence-corrected chi connectivity index (χ1v) is 12.1. The van der Waals surface area contributed by atoms with Crippen LogP contribution in [-0.4, -0.2) is 48.5 Å². The molecule has 36 heavy (non-hydrogen) atoms. The second-order valence-electron chi connectivity index (χ2n) is 8.62. The molecule has 4 rings (SSSR count). The van der Waals surface area contributed by atoms with Crippen molar-refractivity contribution in [2.45, 2.75) is 19.2 Å². The number of ether oxygens (including phenoxy) is 1. The molecule has 0 amide bonds. The summed E-state index contributed by atoms with van der Waals surface area (Å²) in [5, 5.41) is 3.66. The molecule has 1 saturated heterocycles. The van der Waals surface area contributed by atoms with E-state index in [0.717, 1.165) is 24.4 Å². The van der Waals surface area contributed by atoms with E-state index in [-0.39, 0.29) is 22.4 Å². The van der Waals surface area contributed by atoms with Crippen molar-refractivity contribution in [1.82, 2.24) is 10.3 Å². The van der Waals surface area contributed by atoms with E-state index in [4.69, 9.17) is 10.5 Å². The smallest absolute Gasteiger partial charge is 0.184 e. The number of nitrogens with one attached hydrogen (secondary N) is 1.